The minimum absolute atomic E-state index is 0.112. The monoisotopic (exact) mass is 321 g/mol. The topological polar surface area (TPSA) is 60.9 Å². The third-order valence-corrected chi connectivity index (χ3v) is 3.47. The Hall–Kier alpha value is -2.38. The van der Waals surface area contributed by atoms with E-state index in [1.165, 1.54) is 12.1 Å². The Morgan fingerprint density at radius 3 is 2.61 bits per heavy atom. The number of aromatic amines is 1. The average Bonchev–Trinajstić information content (AvgIpc) is 2.89. The number of fused-ring (bicyclic) bond motifs is 1. The molecule has 3 N–H and O–H groups in total. The standard InChI is InChI=1S/C16H14F3N3O/c17-10-4-2-1-3-9(10)15(23)7-20-8-16-21-13-5-11(18)12(19)6-14(13)22-16/h1-6,15,20,23H,7-8H2,(H,21,22)/t15-/m0/s1. The zero-order valence-electron chi connectivity index (χ0n) is 12.0. The van der Waals surface area contributed by atoms with Gasteiger partial charge in [0.15, 0.2) is 11.6 Å². The van der Waals surface area contributed by atoms with Crippen LogP contribution in [-0.2, 0) is 6.54 Å². The lowest BCUT2D eigenvalue weighted by Gasteiger charge is -2.12. The second-order valence-corrected chi connectivity index (χ2v) is 5.14. The molecule has 120 valence electrons. The fourth-order valence-electron chi connectivity index (χ4n) is 2.32. The van der Waals surface area contributed by atoms with E-state index in [2.05, 4.69) is 15.3 Å². The van der Waals surface area contributed by atoms with Crippen molar-refractivity contribution >= 4 is 11.0 Å². The predicted molar refractivity (Wildman–Crippen MR) is 79.1 cm³/mol. The Balaban J connectivity index is 1.64. The average molecular weight is 321 g/mol. The van der Waals surface area contributed by atoms with Crippen molar-refractivity contribution in [1.29, 1.82) is 0 Å². The van der Waals surface area contributed by atoms with Crippen molar-refractivity contribution in [3.63, 3.8) is 0 Å². The maximum absolute atomic E-state index is 13.5. The summed E-state index contributed by atoms with van der Waals surface area (Å²) < 4.78 is 39.8. The molecule has 0 saturated heterocycles. The molecule has 0 radical (unpaired) electrons. The maximum atomic E-state index is 13.5. The number of aromatic nitrogens is 2. The number of hydrogen-bond acceptors (Lipinski definition) is 3. The van der Waals surface area contributed by atoms with E-state index in [1.54, 1.807) is 12.1 Å². The summed E-state index contributed by atoms with van der Waals surface area (Å²) in [4.78, 5) is 6.97. The molecular formula is C16H14F3N3O. The van der Waals surface area contributed by atoms with E-state index in [-0.39, 0.29) is 18.7 Å². The van der Waals surface area contributed by atoms with Gasteiger partial charge in [-0.1, -0.05) is 18.2 Å². The number of halogens is 3. The van der Waals surface area contributed by atoms with Crippen molar-refractivity contribution in [2.45, 2.75) is 12.6 Å². The smallest absolute Gasteiger partial charge is 0.161 e. The first-order valence-electron chi connectivity index (χ1n) is 7.01. The van der Waals surface area contributed by atoms with Gasteiger partial charge in [0.1, 0.15) is 11.6 Å². The van der Waals surface area contributed by atoms with Crippen LogP contribution in [-0.4, -0.2) is 21.6 Å². The SMILES string of the molecule is O[C@@H](CNCc1nc2cc(F)c(F)cc2[nH]1)c1ccccc1F. The highest BCUT2D eigenvalue weighted by Gasteiger charge is 2.12. The molecule has 0 aliphatic carbocycles. The lowest BCUT2D eigenvalue weighted by Crippen LogP contribution is -2.22. The minimum Gasteiger partial charge on any atom is -0.387 e. The highest BCUT2D eigenvalue weighted by atomic mass is 19.2. The molecule has 2 aromatic carbocycles. The first kappa shape index (κ1) is 15.5. The van der Waals surface area contributed by atoms with E-state index < -0.39 is 23.6 Å². The second-order valence-electron chi connectivity index (χ2n) is 5.14. The summed E-state index contributed by atoms with van der Waals surface area (Å²) in [5, 5.41) is 12.9. The van der Waals surface area contributed by atoms with Gasteiger partial charge in [0.05, 0.1) is 23.7 Å². The Labute approximate surface area is 130 Å². The van der Waals surface area contributed by atoms with Gasteiger partial charge in [-0.15, -0.1) is 0 Å². The summed E-state index contributed by atoms with van der Waals surface area (Å²) in [6, 6.07) is 8.03. The van der Waals surface area contributed by atoms with Gasteiger partial charge < -0.3 is 15.4 Å². The van der Waals surface area contributed by atoms with Gasteiger partial charge in [0.25, 0.3) is 0 Å². The Morgan fingerprint density at radius 2 is 1.83 bits per heavy atom. The van der Waals surface area contributed by atoms with Gasteiger partial charge in [-0.2, -0.15) is 0 Å². The lowest BCUT2D eigenvalue weighted by atomic mass is 10.1. The lowest BCUT2D eigenvalue weighted by molar-refractivity contribution is 0.169. The van der Waals surface area contributed by atoms with Crippen LogP contribution in [0.4, 0.5) is 13.2 Å². The van der Waals surface area contributed by atoms with E-state index in [9.17, 15) is 18.3 Å². The van der Waals surface area contributed by atoms with Crippen molar-refractivity contribution in [3.05, 3.63) is 65.2 Å². The third-order valence-electron chi connectivity index (χ3n) is 3.47. The third kappa shape index (κ3) is 3.35. The highest BCUT2D eigenvalue weighted by molar-refractivity contribution is 5.75. The van der Waals surface area contributed by atoms with E-state index in [0.29, 0.717) is 16.9 Å². The fourth-order valence-corrected chi connectivity index (χ4v) is 2.32. The van der Waals surface area contributed by atoms with Crippen LogP contribution in [0, 0.1) is 17.5 Å². The summed E-state index contributed by atoms with van der Waals surface area (Å²) in [6.07, 6.45) is -1.00. The summed E-state index contributed by atoms with van der Waals surface area (Å²) in [5.74, 6) is -1.92. The quantitative estimate of drug-likeness (QED) is 0.677. The van der Waals surface area contributed by atoms with E-state index in [0.717, 1.165) is 12.1 Å². The van der Waals surface area contributed by atoms with E-state index in [4.69, 9.17) is 0 Å². The number of nitrogens with one attached hydrogen (secondary N) is 2. The molecular weight excluding hydrogens is 307 g/mol. The molecule has 3 aromatic rings. The first-order valence-corrected chi connectivity index (χ1v) is 7.01. The summed E-state index contributed by atoms with van der Waals surface area (Å²) in [5.41, 5.74) is 0.902. The molecule has 0 aliphatic heterocycles. The van der Waals surface area contributed by atoms with Crippen LogP contribution in [0.1, 0.15) is 17.5 Å². The first-order chi connectivity index (χ1) is 11.0. The molecule has 23 heavy (non-hydrogen) atoms. The Bertz CT molecular complexity index is 796. The van der Waals surface area contributed by atoms with Gasteiger partial charge in [-0.3, -0.25) is 0 Å². The van der Waals surface area contributed by atoms with Crippen molar-refractivity contribution in [1.82, 2.24) is 15.3 Å². The van der Waals surface area contributed by atoms with Gasteiger partial charge in [0, 0.05) is 24.2 Å². The molecule has 0 unspecified atom stereocenters. The molecule has 1 atom stereocenters. The number of aliphatic hydroxyl groups is 1. The molecule has 3 rings (SSSR count). The molecule has 0 spiro atoms. The van der Waals surface area contributed by atoms with E-state index >= 15 is 0 Å². The molecule has 0 saturated carbocycles. The van der Waals surface area contributed by atoms with Crippen LogP contribution >= 0.6 is 0 Å². The summed E-state index contributed by atoms with van der Waals surface area (Å²) in [7, 11) is 0. The molecule has 0 bridgehead atoms. The predicted octanol–water partition coefficient (Wildman–Crippen LogP) is 2.80. The molecule has 0 fully saturated rings. The molecule has 0 aliphatic rings. The van der Waals surface area contributed by atoms with Crippen molar-refractivity contribution < 1.29 is 18.3 Å². The van der Waals surface area contributed by atoms with Gasteiger partial charge in [-0.25, -0.2) is 18.2 Å². The van der Waals surface area contributed by atoms with Gasteiger partial charge in [-0.05, 0) is 6.07 Å². The molecule has 4 nitrogen and oxygen atoms in total. The number of benzene rings is 2. The number of H-pyrrole nitrogens is 1. The number of aliphatic hydroxyl groups excluding tert-OH is 1. The summed E-state index contributed by atoms with van der Waals surface area (Å²) >= 11 is 0. The molecule has 0 amide bonds. The number of nitrogens with zero attached hydrogens (tertiary/aromatic N) is 1. The number of imidazole rings is 1. The second kappa shape index (κ2) is 6.39. The van der Waals surface area contributed by atoms with Crippen molar-refractivity contribution in [3.8, 4) is 0 Å². The van der Waals surface area contributed by atoms with Crippen LogP contribution in [0.2, 0.25) is 0 Å². The minimum atomic E-state index is -1.00. The maximum Gasteiger partial charge on any atom is 0.161 e. The van der Waals surface area contributed by atoms with Crippen LogP contribution in [0.5, 0.6) is 0 Å². The highest BCUT2D eigenvalue weighted by Crippen LogP contribution is 2.17. The number of rotatable bonds is 5. The Morgan fingerprint density at radius 1 is 1.09 bits per heavy atom. The van der Waals surface area contributed by atoms with Crippen molar-refractivity contribution in [2.24, 2.45) is 0 Å². The fraction of sp³-hybridized carbons (Fsp3) is 0.188. The van der Waals surface area contributed by atoms with Crippen LogP contribution in [0.3, 0.4) is 0 Å². The van der Waals surface area contributed by atoms with Gasteiger partial charge in [0.2, 0.25) is 0 Å². The van der Waals surface area contributed by atoms with Gasteiger partial charge >= 0.3 is 0 Å². The largest absolute Gasteiger partial charge is 0.387 e. The molecule has 1 heterocycles. The van der Waals surface area contributed by atoms with Crippen LogP contribution < -0.4 is 5.32 Å². The zero-order chi connectivity index (χ0) is 16.4. The molecule has 1 aromatic heterocycles. The number of hydrogen-bond donors (Lipinski definition) is 3. The Kier molecular flexibility index (Phi) is 4.31. The summed E-state index contributed by atoms with van der Waals surface area (Å²) in [6.45, 7) is 0.351. The van der Waals surface area contributed by atoms with E-state index in [1.807, 2.05) is 0 Å². The zero-order valence-corrected chi connectivity index (χ0v) is 12.0. The normalized spacial score (nSPS) is 12.7. The van der Waals surface area contributed by atoms with Crippen molar-refractivity contribution in [2.75, 3.05) is 6.54 Å². The van der Waals surface area contributed by atoms with Crippen LogP contribution in [0.15, 0.2) is 36.4 Å². The molecule has 7 heteroatoms. The van der Waals surface area contributed by atoms with Crippen LogP contribution in [0.25, 0.3) is 11.0 Å².